The quantitative estimate of drug-likeness (QED) is 0.586. The first-order valence-corrected chi connectivity index (χ1v) is 8.61. The minimum absolute atomic E-state index is 0.0873. The highest BCUT2D eigenvalue weighted by Gasteiger charge is 2.17. The van der Waals surface area contributed by atoms with Crippen LogP contribution in [0.2, 0.25) is 5.02 Å². The normalized spacial score (nSPS) is 11.2. The van der Waals surface area contributed by atoms with Gasteiger partial charge in [0.25, 0.3) is 5.56 Å². The molecule has 1 N–H and O–H groups in total. The maximum Gasteiger partial charge on any atom is 0.297 e. The molecular weight excluding hydrogens is 368 g/mol. The van der Waals surface area contributed by atoms with Crippen LogP contribution in [-0.4, -0.2) is 20.4 Å². The number of pyridine rings is 1. The summed E-state index contributed by atoms with van der Waals surface area (Å²) in [5.41, 5.74) is 2.74. The molecule has 1 amide bonds. The van der Waals surface area contributed by atoms with E-state index >= 15 is 0 Å². The molecule has 8 heteroatoms. The molecule has 0 fully saturated rings. The number of halogens is 1. The number of hydrogen-bond donors (Lipinski definition) is 1. The predicted octanol–water partition coefficient (Wildman–Crippen LogP) is 3.45. The Bertz CT molecular complexity index is 1260. The van der Waals surface area contributed by atoms with Gasteiger partial charge in [-0.25, -0.2) is 9.97 Å². The number of benzene rings is 1. The minimum atomic E-state index is -0.434. The van der Waals surface area contributed by atoms with Crippen LogP contribution in [0.15, 0.2) is 45.9 Å². The Morgan fingerprint density at radius 3 is 2.89 bits per heavy atom. The smallest absolute Gasteiger partial charge is 0.297 e. The van der Waals surface area contributed by atoms with E-state index in [4.69, 9.17) is 16.0 Å². The van der Waals surface area contributed by atoms with Crippen molar-refractivity contribution in [2.75, 3.05) is 5.32 Å². The fourth-order valence-electron chi connectivity index (χ4n) is 3.04. The summed E-state index contributed by atoms with van der Waals surface area (Å²) in [6.45, 7) is 3.57. The van der Waals surface area contributed by atoms with E-state index in [1.807, 2.05) is 19.9 Å². The maximum atomic E-state index is 12.7. The highest BCUT2D eigenvalue weighted by atomic mass is 35.5. The highest BCUT2D eigenvalue weighted by Crippen LogP contribution is 2.26. The van der Waals surface area contributed by atoms with Gasteiger partial charge in [-0.3, -0.25) is 14.2 Å². The second kappa shape index (κ2) is 6.51. The highest BCUT2D eigenvalue weighted by molar-refractivity contribution is 6.30. The van der Waals surface area contributed by atoms with Crippen molar-refractivity contribution >= 4 is 45.4 Å². The van der Waals surface area contributed by atoms with Crippen LogP contribution in [-0.2, 0) is 11.3 Å². The van der Waals surface area contributed by atoms with Gasteiger partial charge in [0, 0.05) is 16.4 Å². The van der Waals surface area contributed by atoms with Crippen molar-refractivity contribution in [2.45, 2.75) is 20.4 Å². The van der Waals surface area contributed by atoms with Gasteiger partial charge in [-0.2, -0.15) is 0 Å². The molecule has 0 atom stereocenters. The van der Waals surface area contributed by atoms with Crippen LogP contribution in [0.25, 0.3) is 22.2 Å². The van der Waals surface area contributed by atoms with E-state index in [2.05, 4.69) is 15.3 Å². The molecule has 0 aliphatic carbocycles. The van der Waals surface area contributed by atoms with Gasteiger partial charge < -0.3 is 9.73 Å². The molecule has 4 rings (SSSR count). The summed E-state index contributed by atoms with van der Waals surface area (Å²) in [5, 5.41) is 3.92. The van der Waals surface area contributed by atoms with Gasteiger partial charge >= 0.3 is 0 Å². The van der Waals surface area contributed by atoms with Gasteiger partial charge in [0.1, 0.15) is 12.1 Å². The average molecular weight is 383 g/mol. The predicted molar refractivity (Wildman–Crippen MR) is 103 cm³/mol. The fourth-order valence-corrected chi connectivity index (χ4v) is 3.23. The molecule has 4 aromatic rings. The first kappa shape index (κ1) is 17.2. The zero-order valence-corrected chi connectivity index (χ0v) is 15.4. The number of amides is 1. The maximum absolute atomic E-state index is 12.7. The Hall–Kier alpha value is -3.19. The molecule has 3 heterocycles. The molecule has 0 aliphatic rings. The second-order valence-electron chi connectivity index (χ2n) is 6.28. The molecule has 0 radical (unpaired) electrons. The molecule has 0 aliphatic heterocycles. The molecule has 1 aromatic carbocycles. The van der Waals surface area contributed by atoms with Gasteiger partial charge in [-0.1, -0.05) is 17.7 Å². The number of nitrogens with zero attached hydrogens (tertiary/aromatic N) is 3. The molecule has 0 spiro atoms. The van der Waals surface area contributed by atoms with E-state index in [0.717, 1.165) is 11.3 Å². The van der Waals surface area contributed by atoms with E-state index < -0.39 is 5.56 Å². The van der Waals surface area contributed by atoms with Gasteiger partial charge in [-0.05, 0) is 43.7 Å². The first-order valence-electron chi connectivity index (χ1n) is 8.23. The SMILES string of the molecule is Cc1cc(C)c2c(n1)oc1c(=O)n(CC(=O)Nc3cccc(Cl)c3)cnc12. The monoisotopic (exact) mass is 382 g/mol. The summed E-state index contributed by atoms with van der Waals surface area (Å²) >= 11 is 5.91. The van der Waals surface area contributed by atoms with Gasteiger partial charge in [0.15, 0.2) is 0 Å². The number of furan rings is 1. The van der Waals surface area contributed by atoms with Crippen molar-refractivity contribution in [3.8, 4) is 0 Å². The Morgan fingerprint density at radius 1 is 1.30 bits per heavy atom. The van der Waals surface area contributed by atoms with Crippen molar-refractivity contribution in [3.05, 3.63) is 63.3 Å². The van der Waals surface area contributed by atoms with E-state index in [9.17, 15) is 9.59 Å². The lowest BCUT2D eigenvalue weighted by Crippen LogP contribution is -2.27. The lowest BCUT2D eigenvalue weighted by Gasteiger charge is -2.07. The molecule has 0 unspecified atom stereocenters. The van der Waals surface area contributed by atoms with Crippen molar-refractivity contribution in [1.82, 2.24) is 14.5 Å². The summed E-state index contributed by atoms with van der Waals surface area (Å²) < 4.78 is 6.85. The number of anilines is 1. The number of fused-ring (bicyclic) bond motifs is 3. The molecule has 3 aromatic heterocycles. The summed E-state index contributed by atoms with van der Waals surface area (Å²) in [4.78, 5) is 33.7. The zero-order valence-electron chi connectivity index (χ0n) is 14.6. The van der Waals surface area contributed by atoms with Crippen molar-refractivity contribution < 1.29 is 9.21 Å². The van der Waals surface area contributed by atoms with Crippen LogP contribution < -0.4 is 10.9 Å². The van der Waals surface area contributed by atoms with Crippen LogP contribution in [0.3, 0.4) is 0 Å². The minimum Gasteiger partial charge on any atom is -0.430 e. The van der Waals surface area contributed by atoms with E-state index in [1.165, 1.54) is 10.9 Å². The van der Waals surface area contributed by atoms with Crippen LogP contribution in [0, 0.1) is 13.8 Å². The van der Waals surface area contributed by atoms with Crippen LogP contribution in [0.5, 0.6) is 0 Å². The molecule has 136 valence electrons. The Morgan fingerprint density at radius 2 is 2.11 bits per heavy atom. The molecular formula is C19H15ClN4O3. The number of nitrogens with one attached hydrogen (secondary N) is 1. The van der Waals surface area contributed by atoms with Crippen LogP contribution in [0.4, 0.5) is 5.69 Å². The van der Waals surface area contributed by atoms with Gasteiger partial charge in [0.05, 0.1) is 11.7 Å². The Labute approximate surface area is 158 Å². The number of hydrogen-bond acceptors (Lipinski definition) is 5. The number of rotatable bonds is 3. The molecule has 0 saturated carbocycles. The average Bonchev–Trinajstić information content (AvgIpc) is 2.96. The first-order chi connectivity index (χ1) is 12.9. The lowest BCUT2D eigenvalue weighted by molar-refractivity contribution is -0.116. The number of aromatic nitrogens is 3. The number of carbonyl (C=O) groups excluding carboxylic acids is 1. The third-order valence-electron chi connectivity index (χ3n) is 4.17. The van der Waals surface area contributed by atoms with Crippen molar-refractivity contribution in [2.24, 2.45) is 0 Å². The van der Waals surface area contributed by atoms with Gasteiger partial charge in [0.2, 0.25) is 17.2 Å². The number of carbonyl (C=O) groups is 1. The molecule has 7 nitrogen and oxygen atoms in total. The summed E-state index contributed by atoms with van der Waals surface area (Å²) in [6.07, 6.45) is 1.34. The Balaban J connectivity index is 1.69. The van der Waals surface area contributed by atoms with Gasteiger partial charge in [-0.15, -0.1) is 0 Å². The summed E-state index contributed by atoms with van der Waals surface area (Å²) in [5.74, 6) is -0.373. The van der Waals surface area contributed by atoms with E-state index in [0.29, 0.717) is 27.3 Å². The van der Waals surface area contributed by atoms with Crippen LogP contribution in [0.1, 0.15) is 11.3 Å². The lowest BCUT2D eigenvalue weighted by atomic mass is 10.1. The largest absolute Gasteiger partial charge is 0.430 e. The van der Waals surface area contributed by atoms with E-state index in [-0.39, 0.29) is 18.0 Å². The third-order valence-corrected chi connectivity index (χ3v) is 4.40. The third kappa shape index (κ3) is 3.17. The topological polar surface area (TPSA) is 90.0 Å². The summed E-state index contributed by atoms with van der Waals surface area (Å²) in [7, 11) is 0. The van der Waals surface area contributed by atoms with Crippen molar-refractivity contribution in [3.63, 3.8) is 0 Å². The second-order valence-corrected chi connectivity index (χ2v) is 6.71. The molecule has 27 heavy (non-hydrogen) atoms. The number of aryl methyl sites for hydroxylation is 2. The van der Waals surface area contributed by atoms with Crippen LogP contribution >= 0.6 is 11.6 Å². The van der Waals surface area contributed by atoms with E-state index in [1.54, 1.807) is 24.3 Å². The Kier molecular flexibility index (Phi) is 4.16. The van der Waals surface area contributed by atoms with Crippen molar-refractivity contribution in [1.29, 1.82) is 0 Å². The zero-order chi connectivity index (χ0) is 19.1. The fraction of sp³-hybridized carbons (Fsp3) is 0.158. The molecule has 0 bridgehead atoms. The standard InChI is InChI=1S/C19H15ClN4O3/c1-10-6-11(2)22-18-15(10)16-17(27-18)19(26)24(9-21-16)8-14(25)23-13-5-3-4-12(20)7-13/h3-7,9H,8H2,1-2H3,(H,23,25). The molecule has 0 saturated heterocycles. The summed E-state index contributed by atoms with van der Waals surface area (Å²) in [6, 6.07) is 8.68.